The largest absolute Gasteiger partial charge is 0.386 e. The van der Waals surface area contributed by atoms with Gasteiger partial charge in [-0.3, -0.25) is 4.79 Å². The molecule has 0 radical (unpaired) electrons. The minimum absolute atomic E-state index is 0.103. The lowest BCUT2D eigenvalue weighted by Crippen LogP contribution is -2.29. The molecule has 0 aliphatic heterocycles. The van der Waals surface area contributed by atoms with E-state index in [2.05, 4.69) is 5.10 Å². The molecule has 0 amide bonds. The van der Waals surface area contributed by atoms with Crippen LogP contribution in [0, 0.1) is 0 Å². The van der Waals surface area contributed by atoms with Crippen LogP contribution in [0.15, 0.2) is 34.2 Å². The van der Waals surface area contributed by atoms with Crippen LogP contribution in [0.2, 0.25) is 5.02 Å². The smallest absolute Gasteiger partial charge is 0.260 e. The van der Waals surface area contributed by atoms with Gasteiger partial charge in [0.1, 0.15) is 5.84 Å². The Morgan fingerprint density at radius 2 is 2.18 bits per heavy atom. The minimum atomic E-state index is -0.103. The van der Waals surface area contributed by atoms with Gasteiger partial charge in [-0.25, -0.2) is 11.0 Å². The van der Waals surface area contributed by atoms with Crippen LogP contribution in [0.3, 0.4) is 0 Å². The van der Waals surface area contributed by atoms with Crippen LogP contribution < -0.4 is 17.1 Å². The number of hydrazine groups is 1. The van der Waals surface area contributed by atoms with Crippen molar-refractivity contribution in [2.45, 2.75) is 26.3 Å². The SMILES string of the molecule is CCc1cc2cccc(Cl)c2c(=O)n1CC/C(N)=N/N(C)N. The van der Waals surface area contributed by atoms with Crippen molar-refractivity contribution < 1.29 is 0 Å². The molecule has 1 aromatic carbocycles. The number of hydrazone groups is 1. The zero-order valence-corrected chi connectivity index (χ0v) is 13.5. The zero-order valence-electron chi connectivity index (χ0n) is 12.7. The molecule has 0 aliphatic rings. The topological polar surface area (TPSA) is 89.6 Å². The fourth-order valence-electron chi connectivity index (χ4n) is 2.43. The summed E-state index contributed by atoms with van der Waals surface area (Å²) in [6.07, 6.45) is 1.18. The van der Waals surface area contributed by atoms with Crippen molar-refractivity contribution in [3.63, 3.8) is 0 Å². The van der Waals surface area contributed by atoms with E-state index in [9.17, 15) is 4.79 Å². The lowest BCUT2D eigenvalue weighted by molar-refractivity contribution is 0.369. The number of amidine groups is 1. The van der Waals surface area contributed by atoms with E-state index < -0.39 is 0 Å². The maximum atomic E-state index is 12.7. The van der Waals surface area contributed by atoms with Gasteiger partial charge in [-0.15, -0.1) is 5.10 Å². The van der Waals surface area contributed by atoms with Gasteiger partial charge in [0.25, 0.3) is 5.56 Å². The van der Waals surface area contributed by atoms with Crippen LogP contribution in [-0.4, -0.2) is 22.6 Å². The molecule has 0 saturated carbocycles. The first-order valence-electron chi connectivity index (χ1n) is 7.06. The van der Waals surface area contributed by atoms with Crippen LogP contribution in [0.25, 0.3) is 10.8 Å². The Balaban J connectivity index is 2.46. The second-order valence-electron chi connectivity index (χ2n) is 5.07. The number of nitrogens with two attached hydrogens (primary N) is 2. The van der Waals surface area contributed by atoms with Crippen molar-refractivity contribution in [1.29, 1.82) is 0 Å². The van der Waals surface area contributed by atoms with Gasteiger partial charge in [-0.1, -0.05) is 30.7 Å². The summed E-state index contributed by atoms with van der Waals surface area (Å²) >= 11 is 6.18. The molecule has 7 heteroatoms. The number of pyridine rings is 1. The maximum absolute atomic E-state index is 12.7. The molecule has 2 rings (SSSR count). The zero-order chi connectivity index (χ0) is 16.3. The van der Waals surface area contributed by atoms with Crippen molar-refractivity contribution in [1.82, 2.24) is 9.69 Å². The highest BCUT2D eigenvalue weighted by Crippen LogP contribution is 2.21. The van der Waals surface area contributed by atoms with Gasteiger partial charge < -0.3 is 10.3 Å². The minimum Gasteiger partial charge on any atom is -0.386 e. The van der Waals surface area contributed by atoms with Crippen LogP contribution in [0.5, 0.6) is 0 Å². The third-order valence-corrected chi connectivity index (χ3v) is 3.73. The standard InChI is InChI=1S/C15H20ClN5O/c1-3-11-9-10-5-4-6-12(16)14(10)15(22)21(11)8-7-13(17)19-20(2)18/h4-6,9H,3,7-8,18H2,1-2H3,(H2,17,19). The van der Waals surface area contributed by atoms with E-state index in [0.717, 1.165) is 22.6 Å². The van der Waals surface area contributed by atoms with Crippen LogP contribution >= 0.6 is 11.6 Å². The summed E-state index contributed by atoms with van der Waals surface area (Å²) in [5.41, 5.74) is 6.63. The molecule has 1 heterocycles. The van der Waals surface area contributed by atoms with Crippen molar-refractivity contribution in [2.75, 3.05) is 7.05 Å². The highest BCUT2D eigenvalue weighted by atomic mass is 35.5. The highest BCUT2D eigenvalue weighted by molar-refractivity contribution is 6.35. The average molecular weight is 322 g/mol. The summed E-state index contributed by atoms with van der Waals surface area (Å²) in [5.74, 6) is 5.80. The van der Waals surface area contributed by atoms with Crippen LogP contribution in [0.1, 0.15) is 19.0 Å². The Morgan fingerprint density at radius 1 is 1.45 bits per heavy atom. The molecule has 6 nitrogen and oxygen atoms in total. The van der Waals surface area contributed by atoms with Gasteiger partial charge in [0.2, 0.25) is 0 Å². The van der Waals surface area contributed by atoms with Gasteiger partial charge in [-0.05, 0) is 23.9 Å². The molecule has 1 aromatic heterocycles. The lowest BCUT2D eigenvalue weighted by Gasteiger charge is -2.14. The molecule has 118 valence electrons. The Labute approximate surface area is 133 Å². The summed E-state index contributed by atoms with van der Waals surface area (Å²) in [5, 5.41) is 6.92. The average Bonchev–Trinajstić information content (AvgIpc) is 2.45. The number of aryl methyl sites for hydroxylation is 1. The van der Waals surface area contributed by atoms with Crippen molar-refractivity contribution in [3.05, 3.63) is 45.3 Å². The van der Waals surface area contributed by atoms with Crippen molar-refractivity contribution >= 4 is 28.2 Å². The molecular formula is C15H20ClN5O. The Bertz CT molecular complexity index is 766. The Hall–Kier alpha value is -2.05. The van der Waals surface area contributed by atoms with E-state index in [0.29, 0.717) is 29.2 Å². The van der Waals surface area contributed by atoms with E-state index in [1.165, 1.54) is 0 Å². The third kappa shape index (κ3) is 3.40. The second kappa shape index (κ2) is 6.81. The van der Waals surface area contributed by atoms with Gasteiger partial charge >= 0.3 is 0 Å². The summed E-state index contributed by atoms with van der Waals surface area (Å²) < 4.78 is 1.70. The molecule has 4 N–H and O–H groups in total. The number of hydrogen-bond acceptors (Lipinski definition) is 4. The first-order chi connectivity index (χ1) is 10.4. The number of halogens is 1. The van der Waals surface area contributed by atoms with Crippen LogP contribution in [-0.2, 0) is 13.0 Å². The molecule has 0 unspecified atom stereocenters. The summed E-state index contributed by atoms with van der Waals surface area (Å²) in [4.78, 5) is 12.7. The number of rotatable bonds is 5. The Morgan fingerprint density at radius 3 is 2.82 bits per heavy atom. The van der Waals surface area contributed by atoms with Crippen molar-refractivity contribution in [3.8, 4) is 0 Å². The normalized spacial score (nSPS) is 11.9. The fourth-order valence-corrected chi connectivity index (χ4v) is 2.69. The number of nitrogens with zero attached hydrogens (tertiary/aromatic N) is 3. The number of aromatic nitrogens is 1. The van der Waals surface area contributed by atoms with E-state index in [4.69, 9.17) is 23.2 Å². The quantitative estimate of drug-likeness (QED) is 0.379. The summed E-state index contributed by atoms with van der Waals surface area (Å²) in [7, 11) is 1.59. The molecule has 0 saturated heterocycles. The fraction of sp³-hybridized carbons (Fsp3) is 0.333. The summed E-state index contributed by atoms with van der Waals surface area (Å²) in [6.45, 7) is 2.44. The highest BCUT2D eigenvalue weighted by Gasteiger charge is 2.11. The first-order valence-corrected chi connectivity index (χ1v) is 7.44. The summed E-state index contributed by atoms with van der Waals surface area (Å²) in [6, 6.07) is 7.45. The first kappa shape index (κ1) is 16.3. The monoisotopic (exact) mass is 321 g/mol. The van der Waals surface area contributed by atoms with Gasteiger partial charge in [0.15, 0.2) is 0 Å². The molecule has 0 atom stereocenters. The Kier molecular flexibility index (Phi) is 5.05. The molecular weight excluding hydrogens is 302 g/mol. The third-order valence-electron chi connectivity index (χ3n) is 3.41. The van der Waals surface area contributed by atoms with E-state index in [1.807, 2.05) is 25.1 Å². The molecule has 0 spiro atoms. The molecule has 0 fully saturated rings. The lowest BCUT2D eigenvalue weighted by atomic mass is 10.1. The second-order valence-corrected chi connectivity index (χ2v) is 5.47. The number of benzene rings is 1. The van der Waals surface area contributed by atoms with E-state index >= 15 is 0 Å². The molecule has 0 bridgehead atoms. The predicted octanol–water partition coefficient (Wildman–Crippen LogP) is 1.69. The van der Waals surface area contributed by atoms with E-state index in [-0.39, 0.29) is 5.56 Å². The van der Waals surface area contributed by atoms with Crippen LogP contribution in [0.4, 0.5) is 0 Å². The predicted molar refractivity (Wildman–Crippen MR) is 90.8 cm³/mol. The maximum Gasteiger partial charge on any atom is 0.260 e. The van der Waals surface area contributed by atoms with E-state index in [1.54, 1.807) is 17.7 Å². The van der Waals surface area contributed by atoms with Gasteiger partial charge in [0, 0.05) is 25.7 Å². The molecule has 0 aliphatic carbocycles. The molecule has 22 heavy (non-hydrogen) atoms. The van der Waals surface area contributed by atoms with Gasteiger partial charge in [0.05, 0.1) is 10.4 Å². The molecule has 2 aromatic rings. The van der Waals surface area contributed by atoms with Crippen molar-refractivity contribution in [2.24, 2.45) is 16.7 Å². The number of fused-ring (bicyclic) bond motifs is 1. The van der Waals surface area contributed by atoms with Gasteiger partial charge in [-0.2, -0.15) is 0 Å². The number of hydrogen-bond donors (Lipinski definition) is 2.